The molecule has 2 aromatic rings. The lowest BCUT2D eigenvalue weighted by atomic mass is 9.63. The van der Waals surface area contributed by atoms with Crippen molar-refractivity contribution in [1.29, 1.82) is 0 Å². The van der Waals surface area contributed by atoms with E-state index in [0.717, 1.165) is 49.5 Å². The summed E-state index contributed by atoms with van der Waals surface area (Å²) in [6.07, 6.45) is 16.7. The minimum absolute atomic E-state index is 0.00402. The summed E-state index contributed by atoms with van der Waals surface area (Å²) in [5, 5.41) is 0. The summed E-state index contributed by atoms with van der Waals surface area (Å²) in [7, 11) is 0. The van der Waals surface area contributed by atoms with Crippen LogP contribution in [0.3, 0.4) is 0 Å². The number of benzene rings is 2. The summed E-state index contributed by atoms with van der Waals surface area (Å²) in [5.74, 6) is -0.0441. The van der Waals surface area contributed by atoms with Gasteiger partial charge >= 0.3 is 0 Å². The van der Waals surface area contributed by atoms with E-state index in [1.807, 2.05) is 0 Å². The van der Waals surface area contributed by atoms with Crippen LogP contribution in [0, 0.1) is 35.2 Å². The number of allylic oxidation sites excluding steroid dienone is 3. The maximum atomic E-state index is 15.3. The van der Waals surface area contributed by atoms with Crippen LogP contribution < -0.4 is 0 Å². The average molecular weight is 467 g/mol. The Hall–Kier alpha value is -2.29. The van der Waals surface area contributed by atoms with E-state index in [4.69, 9.17) is 0 Å². The zero-order valence-corrected chi connectivity index (χ0v) is 20.3. The van der Waals surface area contributed by atoms with E-state index in [2.05, 4.69) is 25.7 Å². The fourth-order valence-electron chi connectivity index (χ4n) is 6.32. The Labute approximate surface area is 203 Å². The van der Waals surface area contributed by atoms with Crippen LogP contribution in [0.1, 0.15) is 81.8 Å². The Balaban J connectivity index is 1.46. The summed E-state index contributed by atoms with van der Waals surface area (Å²) in [5.41, 5.74) is 1.42. The minimum Gasteiger partial charge on any atom is -0.206 e. The zero-order valence-electron chi connectivity index (χ0n) is 20.3. The van der Waals surface area contributed by atoms with Gasteiger partial charge in [-0.15, -0.1) is 6.58 Å². The van der Waals surface area contributed by atoms with E-state index in [0.29, 0.717) is 17.9 Å². The lowest BCUT2D eigenvalue weighted by molar-refractivity contribution is 0.114. The lowest BCUT2D eigenvalue weighted by Gasteiger charge is -2.42. The van der Waals surface area contributed by atoms with Crippen molar-refractivity contribution in [2.45, 2.75) is 77.0 Å². The van der Waals surface area contributed by atoms with Gasteiger partial charge < -0.3 is 0 Å². The monoisotopic (exact) mass is 466 g/mol. The highest BCUT2D eigenvalue weighted by atomic mass is 19.2. The van der Waals surface area contributed by atoms with Gasteiger partial charge in [0.15, 0.2) is 11.6 Å². The van der Waals surface area contributed by atoms with E-state index >= 15 is 8.78 Å². The molecule has 0 spiro atoms. The number of aryl methyl sites for hydroxylation is 1. The van der Waals surface area contributed by atoms with Gasteiger partial charge in [-0.1, -0.05) is 48.9 Å². The molecule has 0 saturated heterocycles. The maximum Gasteiger partial charge on any atom is 0.167 e. The van der Waals surface area contributed by atoms with Gasteiger partial charge in [-0.05, 0) is 106 Å². The Kier molecular flexibility index (Phi) is 8.34. The first-order valence-electron chi connectivity index (χ1n) is 13.0. The molecule has 2 saturated carbocycles. The Morgan fingerprint density at radius 3 is 2.41 bits per heavy atom. The molecule has 2 aliphatic carbocycles. The number of halogens is 3. The van der Waals surface area contributed by atoms with E-state index in [9.17, 15) is 4.39 Å². The first kappa shape index (κ1) is 24.8. The van der Waals surface area contributed by atoms with Gasteiger partial charge in [0.1, 0.15) is 5.82 Å². The third-order valence-electron chi connectivity index (χ3n) is 8.21. The molecule has 0 aromatic heterocycles. The largest absolute Gasteiger partial charge is 0.206 e. The van der Waals surface area contributed by atoms with Gasteiger partial charge in [-0.3, -0.25) is 0 Å². The smallest absolute Gasteiger partial charge is 0.167 e. The highest BCUT2D eigenvalue weighted by molar-refractivity contribution is 5.66. The molecule has 2 aliphatic rings. The molecule has 3 heteroatoms. The zero-order chi connectivity index (χ0) is 24.1. The molecule has 0 aliphatic heterocycles. The van der Waals surface area contributed by atoms with Crippen LogP contribution in [0.25, 0.3) is 11.1 Å². The van der Waals surface area contributed by atoms with Gasteiger partial charge in [-0.2, -0.15) is 0 Å². The van der Waals surface area contributed by atoms with Crippen molar-refractivity contribution in [2.75, 3.05) is 0 Å². The van der Waals surface area contributed by atoms with Crippen molar-refractivity contribution in [2.24, 2.45) is 17.8 Å². The van der Waals surface area contributed by atoms with Gasteiger partial charge in [-0.25, -0.2) is 13.2 Å². The molecule has 4 atom stereocenters. The summed E-state index contributed by atoms with van der Waals surface area (Å²) in [6.45, 7) is 5.76. The molecular weight excluding hydrogens is 429 g/mol. The topological polar surface area (TPSA) is 0 Å². The molecule has 4 rings (SSSR count). The van der Waals surface area contributed by atoms with E-state index < -0.39 is 17.5 Å². The fourth-order valence-corrected chi connectivity index (χ4v) is 6.32. The quantitative estimate of drug-likeness (QED) is 0.340. The SMILES string of the molecule is C=CCCc1ccc(-c2ccc(C3CCC4CC(CC/C=C/C)CCC4C3)c(F)c2F)c(F)c1. The van der Waals surface area contributed by atoms with Crippen LogP contribution in [0.5, 0.6) is 0 Å². The number of hydrogen-bond donors (Lipinski definition) is 0. The standard InChI is InChI=1S/C31H37F3/c1-3-5-7-9-21-10-12-24-20-25(14-13-23(24)18-21)26-16-17-28(31(34)30(26)33)27-15-11-22(8-6-4-2)19-29(27)32/h3-5,11,15-17,19,21,23-25H,2,6-10,12-14,18,20H2,1H3/b5-3+. The van der Waals surface area contributed by atoms with Crippen molar-refractivity contribution in [3.63, 3.8) is 0 Å². The molecular formula is C31H37F3. The van der Waals surface area contributed by atoms with Crippen molar-refractivity contribution >= 4 is 0 Å². The molecule has 0 heterocycles. The molecule has 182 valence electrons. The van der Waals surface area contributed by atoms with Crippen LogP contribution in [-0.4, -0.2) is 0 Å². The molecule has 0 amide bonds. The van der Waals surface area contributed by atoms with Crippen molar-refractivity contribution in [3.8, 4) is 11.1 Å². The summed E-state index contributed by atoms with van der Waals surface area (Å²) in [4.78, 5) is 0. The fraction of sp³-hybridized carbons (Fsp3) is 0.484. The van der Waals surface area contributed by atoms with Crippen LogP contribution in [-0.2, 0) is 6.42 Å². The van der Waals surface area contributed by atoms with Gasteiger partial charge in [0.05, 0.1) is 0 Å². The molecule has 0 nitrogen and oxygen atoms in total. The number of rotatable bonds is 8. The third-order valence-corrected chi connectivity index (χ3v) is 8.21. The van der Waals surface area contributed by atoms with Gasteiger partial charge in [0.2, 0.25) is 0 Å². The number of hydrogen-bond acceptors (Lipinski definition) is 0. The van der Waals surface area contributed by atoms with Gasteiger partial charge in [0, 0.05) is 11.1 Å². The van der Waals surface area contributed by atoms with Crippen molar-refractivity contribution in [1.82, 2.24) is 0 Å². The molecule has 2 fully saturated rings. The van der Waals surface area contributed by atoms with Crippen LogP contribution in [0.15, 0.2) is 55.1 Å². The second-order valence-corrected chi connectivity index (χ2v) is 10.3. The summed E-state index contributed by atoms with van der Waals surface area (Å²) >= 11 is 0. The molecule has 0 radical (unpaired) electrons. The molecule has 0 N–H and O–H groups in total. The summed E-state index contributed by atoms with van der Waals surface area (Å²) < 4.78 is 45.1. The Morgan fingerprint density at radius 2 is 1.65 bits per heavy atom. The first-order chi connectivity index (χ1) is 16.5. The third kappa shape index (κ3) is 5.50. The van der Waals surface area contributed by atoms with E-state index in [1.165, 1.54) is 31.7 Å². The van der Waals surface area contributed by atoms with Crippen molar-refractivity contribution in [3.05, 3.63) is 83.7 Å². The second-order valence-electron chi connectivity index (χ2n) is 10.3. The molecule has 2 aromatic carbocycles. The van der Waals surface area contributed by atoms with E-state index in [-0.39, 0.29) is 17.0 Å². The highest BCUT2D eigenvalue weighted by Crippen LogP contribution is 2.49. The Morgan fingerprint density at radius 1 is 0.882 bits per heavy atom. The average Bonchev–Trinajstić information content (AvgIpc) is 2.85. The van der Waals surface area contributed by atoms with Gasteiger partial charge in [0.25, 0.3) is 0 Å². The normalized spacial score (nSPS) is 24.8. The lowest BCUT2D eigenvalue weighted by Crippen LogP contribution is -2.30. The minimum atomic E-state index is -0.926. The highest BCUT2D eigenvalue weighted by Gasteiger charge is 2.37. The predicted octanol–water partition coefficient (Wildman–Crippen LogP) is 9.55. The predicted molar refractivity (Wildman–Crippen MR) is 135 cm³/mol. The van der Waals surface area contributed by atoms with Crippen LogP contribution >= 0.6 is 0 Å². The second kappa shape index (κ2) is 11.4. The first-order valence-corrected chi connectivity index (χ1v) is 13.0. The summed E-state index contributed by atoms with van der Waals surface area (Å²) in [6, 6.07) is 8.03. The van der Waals surface area contributed by atoms with Crippen LogP contribution in [0.4, 0.5) is 13.2 Å². The Bertz CT molecular complexity index is 1020. The van der Waals surface area contributed by atoms with Crippen LogP contribution in [0.2, 0.25) is 0 Å². The number of fused-ring (bicyclic) bond motifs is 1. The molecule has 34 heavy (non-hydrogen) atoms. The molecule has 0 bridgehead atoms. The molecule has 4 unspecified atom stereocenters. The van der Waals surface area contributed by atoms with Crippen molar-refractivity contribution < 1.29 is 13.2 Å². The van der Waals surface area contributed by atoms with E-state index in [1.54, 1.807) is 30.3 Å². The maximum absolute atomic E-state index is 15.3.